The third kappa shape index (κ3) is 8.31. The first-order valence-corrected chi connectivity index (χ1v) is 10.5. The van der Waals surface area contributed by atoms with E-state index in [0.29, 0.717) is 12.5 Å². The molecule has 8 nitrogen and oxygen atoms in total. The van der Waals surface area contributed by atoms with Gasteiger partial charge in [0, 0.05) is 55.1 Å². The summed E-state index contributed by atoms with van der Waals surface area (Å²) in [5, 5.41) is 6.08. The molecule has 0 saturated carbocycles. The Balaban J connectivity index is 2.01. The highest BCUT2D eigenvalue weighted by atomic mass is 16.1. The molecule has 0 atom stereocenters. The summed E-state index contributed by atoms with van der Waals surface area (Å²) >= 11 is 0. The number of aliphatic imine (C=N–C) groups is 1. The highest BCUT2D eigenvalue weighted by Gasteiger charge is 2.08. The van der Waals surface area contributed by atoms with Gasteiger partial charge in [-0.1, -0.05) is 18.2 Å². The molecule has 2 rings (SSSR count). The fourth-order valence-electron chi connectivity index (χ4n) is 2.66. The molecule has 1 aromatic carbocycles. The second kappa shape index (κ2) is 12.4. The van der Waals surface area contributed by atoms with Crippen molar-refractivity contribution in [1.82, 2.24) is 20.2 Å². The number of benzene rings is 1. The van der Waals surface area contributed by atoms with Crippen LogP contribution in [0, 0.1) is 6.92 Å². The second-order valence-electron chi connectivity index (χ2n) is 7.92. The minimum atomic E-state index is -0.112. The second-order valence-corrected chi connectivity index (χ2v) is 7.92. The molecule has 0 saturated heterocycles. The normalized spacial score (nSPS) is 12.3. The minimum Gasteiger partial charge on any atom is -0.404 e. The number of carbonyl (C=O) groups is 1. The largest absolute Gasteiger partial charge is 0.404 e. The molecule has 0 aliphatic carbocycles. The molecular formula is C24H33N7O. The van der Waals surface area contributed by atoms with Crippen LogP contribution < -0.4 is 16.4 Å². The molecule has 32 heavy (non-hydrogen) atoms. The van der Waals surface area contributed by atoms with E-state index in [1.165, 1.54) is 6.20 Å². The van der Waals surface area contributed by atoms with Gasteiger partial charge >= 0.3 is 0 Å². The van der Waals surface area contributed by atoms with Crippen LogP contribution in [0.5, 0.6) is 0 Å². The van der Waals surface area contributed by atoms with Crippen molar-refractivity contribution in [2.24, 2.45) is 10.7 Å². The SMILES string of the molecule is Cc1cnc(Nc2ccc(CNC(=O)/C=C/CN(C)C)cc2)nc1C(C=NC(C)C)=CN. The Bertz CT molecular complexity index is 976. The average molecular weight is 436 g/mol. The number of nitrogens with zero attached hydrogens (tertiary/aromatic N) is 4. The standard InChI is InChI=1S/C24H33N7O/c1-17(2)26-16-20(13-25)23-18(3)14-28-24(30-23)29-21-10-8-19(9-11-21)15-27-22(32)7-6-12-31(4)5/h6-11,13-14,16-17H,12,15,25H2,1-5H3,(H,27,32)(H,28,29,30)/b7-6+,20-13?,26-16?. The molecular weight excluding hydrogens is 402 g/mol. The van der Waals surface area contributed by atoms with Crippen LogP contribution >= 0.6 is 0 Å². The smallest absolute Gasteiger partial charge is 0.243 e. The van der Waals surface area contributed by atoms with Crippen molar-refractivity contribution >= 4 is 29.3 Å². The van der Waals surface area contributed by atoms with Crippen molar-refractivity contribution in [3.05, 3.63) is 65.6 Å². The summed E-state index contributed by atoms with van der Waals surface area (Å²) < 4.78 is 0. The summed E-state index contributed by atoms with van der Waals surface area (Å²) in [6.45, 7) is 7.12. The molecule has 170 valence electrons. The Morgan fingerprint density at radius 3 is 2.59 bits per heavy atom. The van der Waals surface area contributed by atoms with Crippen molar-refractivity contribution in [3.8, 4) is 0 Å². The maximum atomic E-state index is 11.9. The van der Waals surface area contributed by atoms with Crippen molar-refractivity contribution < 1.29 is 4.79 Å². The highest BCUT2D eigenvalue weighted by Crippen LogP contribution is 2.19. The Morgan fingerprint density at radius 2 is 1.97 bits per heavy atom. The summed E-state index contributed by atoms with van der Waals surface area (Å²) in [6.07, 6.45) is 8.38. The zero-order chi connectivity index (χ0) is 23.5. The van der Waals surface area contributed by atoms with Gasteiger partial charge in [-0.05, 0) is 58.1 Å². The fourth-order valence-corrected chi connectivity index (χ4v) is 2.66. The predicted octanol–water partition coefficient (Wildman–Crippen LogP) is 3.04. The lowest BCUT2D eigenvalue weighted by molar-refractivity contribution is -0.116. The van der Waals surface area contributed by atoms with Gasteiger partial charge in [0.15, 0.2) is 0 Å². The van der Waals surface area contributed by atoms with E-state index < -0.39 is 0 Å². The lowest BCUT2D eigenvalue weighted by atomic mass is 10.1. The quantitative estimate of drug-likeness (QED) is 0.391. The molecule has 4 N–H and O–H groups in total. The summed E-state index contributed by atoms with van der Waals surface area (Å²) in [7, 11) is 3.91. The van der Waals surface area contributed by atoms with Crippen LogP contribution in [0.4, 0.5) is 11.6 Å². The number of amides is 1. The van der Waals surface area contributed by atoms with E-state index in [2.05, 4.69) is 25.6 Å². The van der Waals surface area contributed by atoms with Crippen molar-refractivity contribution in [2.75, 3.05) is 26.0 Å². The van der Waals surface area contributed by atoms with Crippen LogP contribution in [0.15, 0.2) is 53.8 Å². The molecule has 8 heteroatoms. The van der Waals surface area contributed by atoms with Gasteiger partial charge in [-0.25, -0.2) is 9.97 Å². The number of anilines is 2. The summed E-state index contributed by atoms with van der Waals surface area (Å²) in [6, 6.07) is 7.91. The van der Waals surface area contributed by atoms with Gasteiger partial charge in [-0.3, -0.25) is 9.79 Å². The number of aromatic nitrogens is 2. The maximum Gasteiger partial charge on any atom is 0.243 e. The predicted molar refractivity (Wildman–Crippen MR) is 132 cm³/mol. The number of hydrogen-bond acceptors (Lipinski definition) is 7. The Morgan fingerprint density at radius 1 is 1.25 bits per heavy atom. The van der Waals surface area contributed by atoms with E-state index in [4.69, 9.17) is 5.73 Å². The maximum absolute atomic E-state index is 11.9. The topological polar surface area (TPSA) is 109 Å². The molecule has 1 aromatic heterocycles. The molecule has 1 amide bonds. The lowest BCUT2D eigenvalue weighted by Gasteiger charge is -2.10. The number of nitrogens with one attached hydrogen (secondary N) is 2. The molecule has 1 heterocycles. The Hall–Kier alpha value is -3.52. The molecule has 0 aliphatic heterocycles. The molecule has 0 unspecified atom stereocenters. The summed E-state index contributed by atoms with van der Waals surface area (Å²) in [4.78, 5) is 27.2. The molecule has 0 aliphatic rings. The zero-order valence-corrected chi connectivity index (χ0v) is 19.5. The van der Waals surface area contributed by atoms with E-state index in [1.807, 2.05) is 70.1 Å². The first-order chi connectivity index (χ1) is 15.3. The van der Waals surface area contributed by atoms with Gasteiger partial charge in [0.1, 0.15) is 0 Å². The molecule has 0 fully saturated rings. The summed E-state index contributed by atoms with van der Waals surface area (Å²) in [5.74, 6) is 0.356. The number of carbonyl (C=O) groups excluding carboxylic acids is 1. The fraction of sp³-hybridized carbons (Fsp3) is 0.333. The van der Waals surface area contributed by atoms with Crippen molar-refractivity contribution in [1.29, 1.82) is 0 Å². The number of nitrogens with two attached hydrogens (primary N) is 1. The number of likely N-dealkylation sites (N-methyl/N-ethyl adjacent to an activating group) is 1. The number of hydrogen-bond donors (Lipinski definition) is 3. The van der Waals surface area contributed by atoms with Crippen molar-refractivity contribution in [3.63, 3.8) is 0 Å². The Kier molecular flexibility index (Phi) is 9.56. The third-order valence-electron chi connectivity index (χ3n) is 4.35. The Labute approximate surface area is 190 Å². The van der Waals surface area contributed by atoms with Gasteiger partial charge in [0.25, 0.3) is 0 Å². The summed E-state index contributed by atoms with van der Waals surface area (Å²) in [5.41, 5.74) is 10.0. The van der Waals surface area contributed by atoms with Crippen LogP contribution in [-0.4, -0.2) is 53.7 Å². The van der Waals surface area contributed by atoms with E-state index in [0.717, 1.165) is 34.6 Å². The molecule has 0 bridgehead atoms. The van der Waals surface area contributed by atoms with Gasteiger partial charge in [-0.15, -0.1) is 0 Å². The number of aryl methyl sites for hydroxylation is 1. The minimum absolute atomic E-state index is 0.112. The molecule has 2 aromatic rings. The lowest BCUT2D eigenvalue weighted by Crippen LogP contribution is -2.21. The van der Waals surface area contributed by atoms with Crippen LogP contribution in [0.2, 0.25) is 0 Å². The average Bonchev–Trinajstić information content (AvgIpc) is 2.75. The number of rotatable bonds is 10. The highest BCUT2D eigenvalue weighted by molar-refractivity contribution is 6.09. The van der Waals surface area contributed by atoms with E-state index in [-0.39, 0.29) is 11.9 Å². The van der Waals surface area contributed by atoms with Crippen LogP contribution in [0.25, 0.3) is 5.57 Å². The monoisotopic (exact) mass is 435 g/mol. The van der Waals surface area contributed by atoms with Gasteiger partial charge in [0.2, 0.25) is 11.9 Å². The first kappa shape index (κ1) is 24.7. The van der Waals surface area contributed by atoms with Gasteiger partial charge in [0.05, 0.1) is 5.69 Å². The van der Waals surface area contributed by atoms with Gasteiger partial charge in [-0.2, -0.15) is 0 Å². The van der Waals surface area contributed by atoms with E-state index in [1.54, 1.807) is 18.5 Å². The molecule has 0 spiro atoms. The number of allylic oxidation sites excluding steroid dienone is 1. The zero-order valence-electron chi connectivity index (χ0n) is 19.5. The van der Waals surface area contributed by atoms with Crippen LogP contribution in [0.3, 0.4) is 0 Å². The van der Waals surface area contributed by atoms with Crippen molar-refractivity contribution in [2.45, 2.75) is 33.4 Å². The van der Waals surface area contributed by atoms with Gasteiger partial charge < -0.3 is 21.3 Å². The van der Waals surface area contributed by atoms with Crippen LogP contribution in [-0.2, 0) is 11.3 Å². The van der Waals surface area contributed by atoms with Crippen LogP contribution in [0.1, 0.15) is 30.7 Å². The first-order valence-electron chi connectivity index (χ1n) is 10.5. The molecule has 0 radical (unpaired) electrons. The van der Waals surface area contributed by atoms with E-state index in [9.17, 15) is 4.79 Å². The third-order valence-corrected chi connectivity index (χ3v) is 4.35. The van der Waals surface area contributed by atoms with E-state index >= 15 is 0 Å².